The number of anilines is 1. The van der Waals surface area contributed by atoms with Gasteiger partial charge in [0.1, 0.15) is 5.82 Å². The van der Waals surface area contributed by atoms with Gasteiger partial charge < -0.3 is 10.4 Å². The van der Waals surface area contributed by atoms with E-state index in [0.717, 1.165) is 5.56 Å². The summed E-state index contributed by atoms with van der Waals surface area (Å²) in [5, 5.41) is 19.1. The Morgan fingerprint density at radius 2 is 1.89 bits per heavy atom. The van der Waals surface area contributed by atoms with Gasteiger partial charge in [0, 0.05) is 6.54 Å². The van der Waals surface area contributed by atoms with Gasteiger partial charge in [-0.1, -0.05) is 29.8 Å². The minimum atomic E-state index is -1.08. The Balaban J connectivity index is 1.97. The van der Waals surface area contributed by atoms with E-state index in [-0.39, 0.29) is 5.69 Å². The van der Waals surface area contributed by atoms with Crippen LogP contribution in [0.25, 0.3) is 0 Å². The normalized spacial score (nSPS) is 10.1. The fraction of sp³-hybridized carbons (Fsp3) is 0.154. The molecule has 92 valence electrons. The van der Waals surface area contributed by atoms with Crippen LogP contribution in [0.1, 0.15) is 21.6 Å². The molecule has 0 saturated heterocycles. The van der Waals surface area contributed by atoms with E-state index in [0.29, 0.717) is 12.4 Å². The molecule has 5 nitrogen and oxygen atoms in total. The van der Waals surface area contributed by atoms with Crippen LogP contribution >= 0.6 is 0 Å². The highest BCUT2D eigenvalue weighted by molar-refractivity contribution is 5.85. The van der Waals surface area contributed by atoms with E-state index in [1.54, 1.807) is 6.07 Å². The standard InChI is InChI=1S/C13H13N3O2/c1-9-2-4-10(5-3-9)8-14-12-7-6-11(13(17)18)15-16-12/h2-7H,8H2,1H3,(H,14,16)(H,17,18). The molecular weight excluding hydrogens is 230 g/mol. The number of rotatable bonds is 4. The molecule has 0 atom stereocenters. The van der Waals surface area contributed by atoms with Crippen LogP contribution in [0.4, 0.5) is 5.82 Å². The van der Waals surface area contributed by atoms with E-state index in [4.69, 9.17) is 5.11 Å². The molecule has 0 amide bonds. The van der Waals surface area contributed by atoms with Gasteiger partial charge in [0.05, 0.1) is 0 Å². The molecule has 1 heterocycles. The number of carbonyl (C=O) groups is 1. The Bertz CT molecular complexity index is 535. The molecule has 0 aliphatic carbocycles. The second-order valence-electron chi connectivity index (χ2n) is 3.95. The maximum atomic E-state index is 10.6. The van der Waals surface area contributed by atoms with Gasteiger partial charge in [0.25, 0.3) is 0 Å². The number of carboxylic acid groups (broad SMARTS) is 1. The quantitative estimate of drug-likeness (QED) is 0.860. The van der Waals surface area contributed by atoms with Gasteiger partial charge in [-0.3, -0.25) is 0 Å². The van der Waals surface area contributed by atoms with Crippen molar-refractivity contribution in [3.05, 3.63) is 53.2 Å². The first-order chi connectivity index (χ1) is 8.65. The molecule has 2 aromatic rings. The zero-order valence-electron chi connectivity index (χ0n) is 9.92. The number of aromatic nitrogens is 2. The molecular formula is C13H13N3O2. The summed E-state index contributed by atoms with van der Waals surface area (Å²) < 4.78 is 0. The first kappa shape index (κ1) is 12.0. The summed E-state index contributed by atoms with van der Waals surface area (Å²) in [6.45, 7) is 2.66. The third kappa shape index (κ3) is 3.04. The highest BCUT2D eigenvalue weighted by Crippen LogP contribution is 2.07. The van der Waals surface area contributed by atoms with Gasteiger partial charge in [-0.15, -0.1) is 10.2 Å². The van der Waals surface area contributed by atoms with Gasteiger partial charge >= 0.3 is 5.97 Å². The maximum Gasteiger partial charge on any atom is 0.356 e. The van der Waals surface area contributed by atoms with E-state index >= 15 is 0 Å². The van der Waals surface area contributed by atoms with Crippen molar-refractivity contribution in [2.75, 3.05) is 5.32 Å². The fourth-order valence-electron chi connectivity index (χ4n) is 1.44. The van der Waals surface area contributed by atoms with E-state index in [1.807, 2.05) is 31.2 Å². The number of nitrogens with one attached hydrogen (secondary N) is 1. The zero-order valence-corrected chi connectivity index (χ0v) is 9.92. The Morgan fingerprint density at radius 1 is 1.17 bits per heavy atom. The van der Waals surface area contributed by atoms with Crippen molar-refractivity contribution in [1.29, 1.82) is 0 Å². The Kier molecular flexibility index (Phi) is 3.52. The molecule has 5 heteroatoms. The van der Waals surface area contributed by atoms with E-state index in [9.17, 15) is 4.79 Å². The monoisotopic (exact) mass is 243 g/mol. The highest BCUT2D eigenvalue weighted by atomic mass is 16.4. The van der Waals surface area contributed by atoms with Crippen molar-refractivity contribution < 1.29 is 9.90 Å². The smallest absolute Gasteiger partial charge is 0.356 e. The lowest BCUT2D eigenvalue weighted by atomic mass is 10.1. The van der Waals surface area contributed by atoms with Crippen LogP contribution < -0.4 is 5.32 Å². The first-order valence-corrected chi connectivity index (χ1v) is 5.51. The lowest BCUT2D eigenvalue weighted by Gasteiger charge is -2.05. The predicted molar refractivity (Wildman–Crippen MR) is 67.5 cm³/mol. The summed E-state index contributed by atoms with van der Waals surface area (Å²) in [5.74, 6) is -0.520. The minimum Gasteiger partial charge on any atom is -0.476 e. The lowest BCUT2D eigenvalue weighted by molar-refractivity contribution is 0.0689. The van der Waals surface area contributed by atoms with Gasteiger partial charge in [-0.25, -0.2) is 4.79 Å². The molecule has 0 bridgehead atoms. The molecule has 0 radical (unpaired) electrons. The van der Waals surface area contributed by atoms with Gasteiger partial charge in [-0.05, 0) is 24.6 Å². The second-order valence-corrected chi connectivity index (χ2v) is 3.95. The number of aryl methyl sites for hydroxylation is 1. The lowest BCUT2D eigenvalue weighted by Crippen LogP contribution is -2.06. The number of benzene rings is 1. The van der Waals surface area contributed by atoms with Crippen molar-refractivity contribution >= 4 is 11.8 Å². The molecule has 1 aromatic carbocycles. The molecule has 0 saturated carbocycles. The number of aromatic carboxylic acids is 1. The molecule has 0 aliphatic heterocycles. The highest BCUT2D eigenvalue weighted by Gasteiger charge is 2.04. The zero-order chi connectivity index (χ0) is 13.0. The summed E-state index contributed by atoms with van der Waals surface area (Å²) >= 11 is 0. The molecule has 1 aromatic heterocycles. The third-order valence-corrected chi connectivity index (χ3v) is 2.48. The summed E-state index contributed by atoms with van der Waals surface area (Å²) in [6.07, 6.45) is 0. The van der Waals surface area contributed by atoms with Crippen LogP contribution in [0.15, 0.2) is 36.4 Å². The van der Waals surface area contributed by atoms with Gasteiger partial charge in [0.2, 0.25) is 0 Å². The summed E-state index contributed by atoms with van der Waals surface area (Å²) in [5.41, 5.74) is 2.28. The average Bonchev–Trinajstić information content (AvgIpc) is 2.38. The van der Waals surface area contributed by atoms with Crippen LogP contribution in [-0.2, 0) is 6.54 Å². The predicted octanol–water partition coefficient (Wildman–Crippen LogP) is 2.10. The van der Waals surface area contributed by atoms with Crippen LogP contribution in [-0.4, -0.2) is 21.3 Å². The van der Waals surface area contributed by atoms with Crippen molar-refractivity contribution in [2.24, 2.45) is 0 Å². The van der Waals surface area contributed by atoms with Crippen LogP contribution in [0.2, 0.25) is 0 Å². The van der Waals surface area contributed by atoms with Crippen LogP contribution in [0, 0.1) is 6.92 Å². The van der Waals surface area contributed by atoms with Crippen molar-refractivity contribution in [2.45, 2.75) is 13.5 Å². The molecule has 2 rings (SSSR count). The molecule has 0 spiro atoms. The largest absolute Gasteiger partial charge is 0.476 e. The number of carboxylic acids is 1. The number of nitrogens with zero attached hydrogens (tertiary/aromatic N) is 2. The minimum absolute atomic E-state index is 0.0594. The Labute approximate surface area is 104 Å². The first-order valence-electron chi connectivity index (χ1n) is 5.51. The Hall–Kier alpha value is -2.43. The summed E-state index contributed by atoms with van der Waals surface area (Å²) in [7, 11) is 0. The molecule has 2 N–H and O–H groups in total. The van der Waals surface area contributed by atoms with E-state index in [1.165, 1.54) is 11.6 Å². The molecule has 0 aliphatic rings. The van der Waals surface area contributed by atoms with Crippen LogP contribution in [0.3, 0.4) is 0 Å². The third-order valence-electron chi connectivity index (χ3n) is 2.48. The van der Waals surface area contributed by atoms with Gasteiger partial charge in [0.15, 0.2) is 5.69 Å². The fourth-order valence-corrected chi connectivity index (χ4v) is 1.44. The summed E-state index contributed by atoms with van der Waals surface area (Å²) in [4.78, 5) is 10.6. The average molecular weight is 243 g/mol. The van der Waals surface area contributed by atoms with Gasteiger partial charge in [-0.2, -0.15) is 0 Å². The van der Waals surface area contributed by atoms with Crippen molar-refractivity contribution in [1.82, 2.24) is 10.2 Å². The second kappa shape index (κ2) is 5.27. The Morgan fingerprint density at radius 3 is 2.44 bits per heavy atom. The maximum absolute atomic E-state index is 10.6. The molecule has 0 unspecified atom stereocenters. The van der Waals surface area contributed by atoms with Crippen molar-refractivity contribution in [3.63, 3.8) is 0 Å². The molecule has 18 heavy (non-hydrogen) atoms. The van der Waals surface area contributed by atoms with E-state index in [2.05, 4.69) is 15.5 Å². The number of hydrogen-bond donors (Lipinski definition) is 2. The number of hydrogen-bond acceptors (Lipinski definition) is 4. The SMILES string of the molecule is Cc1ccc(CNc2ccc(C(=O)O)nn2)cc1. The van der Waals surface area contributed by atoms with Crippen molar-refractivity contribution in [3.8, 4) is 0 Å². The molecule has 0 fully saturated rings. The topological polar surface area (TPSA) is 75.1 Å². The van der Waals surface area contributed by atoms with Crippen LogP contribution in [0.5, 0.6) is 0 Å². The van der Waals surface area contributed by atoms with E-state index < -0.39 is 5.97 Å². The summed E-state index contributed by atoms with van der Waals surface area (Å²) in [6, 6.07) is 11.2.